The number of nitrogens with zero attached hydrogens (tertiary/aromatic N) is 2. The summed E-state index contributed by atoms with van der Waals surface area (Å²) in [6.07, 6.45) is 3.53. The number of hydrogen-bond acceptors (Lipinski definition) is 4. The van der Waals surface area contributed by atoms with Crippen LogP contribution in [0.3, 0.4) is 0 Å². The molecular formula is C12H17N3O2. The minimum atomic E-state index is -0.870. The van der Waals surface area contributed by atoms with Gasteiger partial charge in [0.05, 0.1) is 6.61 Å². The van der Waals surface area contributed by atoms with Crippen molar-refractivity contribution >= 4 is 5.91 Å². The molecule has 2 N–H and O–H groups in total. The van der Waals surface area contributed by atoms with Crippen molar-refractivity contribution in [3.63, 3.8) is 0 Å². The minimum absolute atomic E-state index is 0.406. The zero-order chi connectivity index (χ0) is 12.3. The first-order chi connectivity index (χ1) is 8.10. The van der Waals surface area contributed by atoms with Gasteiger partial charge in [0.25, 0.3) is 5.91 Å². The van der Waals surface area contributed by atoms with Gasteiger partial charge in [0.2, 0.25) is 0 Å². The van der Waals surface area contributed by atoms with E-state index in [-0.39, 0.29) is 0 Å². The van der Waals surface area contributed by atoms with Crippen LogP contribution in [-0.4, -0.2) is 41.1 Å². The maximum absolute atomic E-state index is 11.3. The summed E-state index contributed by atoms with van der Waals surface area (Å²) in [6, 6.07) is 3.94. The maximum Gasteiger partial charge on any atom is 0.250 e. The Morgan fingerprint density at radius 1 is 1.59 bits per heavy atom. The molecule has 0 aromatic carbocycles. The van der Waals surface area contributed by atoms with Crippen LogP contribution >= 0.6 is 0 Å². The van der Waals surface area contributed by atoms with Crippen molar-refractivity contribution in [3.8, 4) is 0 Å². The summed E-state index contributed by atoms with van der Waals surface area (Å²) < 4.78 is 5.47. The van der Waals surface area contributed by atoms with Crippen LogP contribution in [0.25, 0.3) is 0 Å². The average molecular weight is 235 g/mol. The molecule has 1 unspecified atom stereocenters. The number of carbonyl (C=O) groups excluding carboxylic acids is 1. The lowest BCUT2D eigenvalue weighted by Gasteiger charge is -2.38. The summed E-state index contributed by atoms with van der Waals surface area (Å²) in [7, 11) is 0. The molecule has 0 aliphatic carbocycles. The highest BCUT2D eigenvalue weighted by molar-refractivity contribution is 5.83. The maximum atomic E-state index is 11.3. The second kappa shape index (κ2) is 4.81. The van der Waals surface area contributed by atoms with Gasteiger partial charge in [-0.1, -0.05) is 0 Å². The van der Waals surface area contributed by atoms with E-state index in [1.54, 1.807) is 19.3 Å². The van der Waals surface area contributed by atoms with E-state index in [9.17, 15) is 4.79 Å². The lowest BCUT2D eigenvalue weighted by atomic mass is 10.0. The van der Waals surface area contributed by atoms with E-state index in [1.807, 2.05) is 12.1 Å². The molecule has 5 nitrogen and oxygen atoms in total. The largest absolute Gasteiger partial charge is 0.367 e. The molecule has 2 rings (SSSR count). The molecule has 1 saturated heterocycles. The Kier molecular flexibility index (Phi) is 3.40. The Labute approximate surface area is 101 Å². The van der Waals surface area contributed by atoms with Crippen molar-refractivity contribution in [3.05, 3.63) is 30.1 Å². The van der Waals surface area contributed by atoms with E-state index in [1.165, 1.54) is 5.56 Å². The van der Waals surface area contributed by atoms with Crippen LogP contribution in [0.5, 0.6) is 0 Å². The Bertz CT molecular complexity index is 396. The van der Waals surface area contributed by atoms with Gasteiger partial charge in [0.15, 0.2) is 5.60 Å². The normalized spacial score (nSPS) is 25.7. The van der Waals surface area contributed by atoms with Gasteiger partial charge < -0.3 is 10.5 Å². The molecule has 1 fully saturated rings. The van der Waals surface area contributed by atoms with Gasteiger partial charge in [0, 0.05) is 32.0 Å². The quantitative estimate of drug-likeness (QED) is 0.810. The molecule has 1 amide bonds. The predicted octanol–water partition coefficient (Wildman–Crippen LogP) is 0.158. The van der Waals surface area contributed by atoms with Crippen LogP contribution in [0.2, 0.25) is 0 Å². The zero-order valence-electron chi connectivity index (χ0n) is 9.93. The second-order valence-electron chi connectivity index (χ2n) is 4.51. The third-order valence-electron chi connectivity index (χ3n) is 3.03. The van der Waals surface area contributed by atoms with Gasteiger partial charge in [-0.25, -0.2) is 0 Å². The fourth-order valence-corrected chi connectivity index (χ4v) is 1.98. The third kappa shape index (κ3) is 2.81. The van der Waals surface area contributed by atoms with Crippen molar-refractivity contribution < 1.29 is 9.53 Å². The monoisotopic (exact) mass is 235 g/mol. The molecule has 17 heavy (non-hydrogen) atoms. The van der Waals surface area contributed by atoms with Crippen LogP contribution in [0.1, 0.15) is 12.5 Å². The first kappa shape index (κ1) is 12.0. The van der Waals surface area contributed by atoms with E-state index in [2.05, 4.69) is 9.88 Å². The number of morpholine rings is 1. The standard InChI is InChI=1S/C12H17N3O2/c1-12(11(13)16)9-15(6-7-17-12)8-10-2-4-14-5-3-10/h2-5H,6-9H2,1H3,(H2,13,16). The Balaban J connectivity index is 2.01. The first-order valence-electron chi connectivity index (χ1n) is 5.65. The highest BCUT2D eigenvalue weighted by Crippen LogP contribution is 2.18. The molecule has 1 aliphatic heterocycles. The van der Waals surface area contributed by atoms with Gasteiger partial charge in [-0.2, -0.15) is 0 Å². The lowest BCUT2D eigenvalue weighted by Crippen LogP contribution is -2.56. The Hall–Kier alpha value is -1.46. The topological polar surface area (TPSA) is 68.5 Å². The number of ether oxygens (including phenoxy) is 1. The highest BCUT2D eigenvalue weighted by Gasteiger charge is 2.37. The molecular weight excluding hydrogens is 218 g/mol. The van der Waals surface area contributed by atoms with E-state index in [4.69, 9.17) is 10.5 Å². The fourth-order valence-electron chi connectivity index (χ4n) is 1.98. The number of hydrogen-bond donors (Lipinski definition) is 1. The molecule has 1 atom stereocenters. The molecule has 1 aromatic rings. The zero-order valence-corrected chi connectivity index (χ0v) is 9.93. The molecule has 2 heterocycles. The molecule has 0 saturated carbocycles. The van der Waals surface area contributed by atoms with Gasteiger partial charge >= 0.3 is 0 Å². The number of amides is 1. The average Bonchev–Trinajstić information content (AvgIpc) is 2.30. The second-order valence-corrected chi connectivity index (χ2v) is 4.51. The molecule has 0 spiro atoms. The van der Waals surface area contributed by atoms with Crippen LogP contribution in [0.4, 0.5) is 0 Å². The lowest BCUT2D eigenvalue weighted by molar-refractivity contribution is -0.153. The predicted molar refractivity (Wildman–Crippen MR) is 63.1 cm³/mol. The van der Waals surface area contributed by atoms with Crippen molar-refractivity contribution in [2.45, 2.75) is 19.1 Å². The van der Waals surface area contributed by atoms with Crippen molar-refractivity contribution in [1.82, 2.24) is 9.88 Å². The minimum Gasteiger partial charge on any atom is -0.367 e. The van der Waals surface area contributed by atoms with Crippen LogP contribution in [-0.2, 0) is 16.1 Å². The van der Waals surface area contributed by atoms with Crippen LogP contribution in [0.15, 0.2) is 24.5 Å². The molecule has 0 radical (unpaired) electrons. The van der Waals surface area contributed by atoms with Crippen LogP contribution < -0.4 is 5.73 Å². The number of primary amides is 1. The molecule has 1 aromatic heterocycles. The van der Waals surface area contributed by atoms with E-state index >= 15 is 0 Å². The fraction of sp³-hybridized carbons (Fsp3) is 0.500. The smallest absolute Gasteiger partial charge is 0.250 e. The van der Waals surface area contributed by atoms with Crippen LogP contribution in [0, 0.1) is 0 Å². The van der Waals surface area contributed by atoms with E-state index < -0.39 is 11.5 Å². The molecule has 1 aliphatic rings. The summed E-state index contributed by atoms with van der Waals surface area (Å²) in [5, 5.41) is 0. The number of aromatic nitrogens is 1. The van der Waals surface area contributed by atoms with Gasteiger partial charge in [-0.3, -0.25) is 14.7 Å². The van der Waals surface area contributed by atoms with Gasteiger partial charge in [-0.05, 0) is 24.6 Å². The molecule has 92 valence electrons. The third-order valence-corrected chi connectivity index (χ3v) is 3.03. The highest BCUT2D eigenvalue weighted by atomic mass is 16.5. The Morgan fingerprint density at radius 3 is 2.94 bits per heavy atom. The first-order valence-corrected chi connectivity index (χ1v) is 5.65. The summed E-state index contributed by atoms with van der Waals surface area (Å²) in [5.41, 5.74) is 5.66. The van der Waals surface area contributed by atoms with Crippen molar-refractivity contribution in [1.29, 1.82) is 0 Å². The molecule has 5 heteroatoms. The number of rotatable bonds is 3. The molecule has 0 bridgehead atoms. The number of carbonyl (C=O) groups is 1. The summed E-state index contributed by atoms with van der Waals surface area (Å²) in [5.74, 6) is -0.406. The number of nitrogens with two attached hydrogens (primary N) is 1. The SMILES string of the molecule is CC1(C(N)=O)CN(Cc2ccncc2)CCO1. The van der Waals surface area contributed by atoms with Gasteiger partial charge in [0.1, 0.15) is 0 Å². The van der Waals surface area contributed by atoms with Crippen molar-refractivity contribution in [2.75, 3.05) is 19.7 Å². The summed E-state index contributed by atoms with van der Waals surface area (Å²) in [4.78, 5) is 17.5. The van der Waals surface area contributed by atoms with Gasteiger partial charge in [-0.15, -0.1) is 0 Å². The van der Waals surface area contributed by atoms with Crippen molar-refractivity contribution in [2.24, 2.45) is 5.73 Å². The summed E-state index contributed by atoms with van der Waals surface area (Å²) >= 11 is 0. The van der Waals surface area contributed by atoms with E-state index in [0.717, 1.165) is 13.1 Å². The van der Waals surface area contributed by atoms with E-state index in [0.29, 0.717) is 13.2 Å². The Morgan fingerprint density at radius 2 is 2.29 bits per heavy atom. The number of pyridine rings is 1. The summed E-state index contributed by atoms with van der Waals surface area (Å²) in [6.45, 7) is 4.41.